The number of hydrogen-bond acceptors (Lipinski definition) is 13. The summed E-state index contributed by atoms with van der Waals surface area (Å²) in [5.41, 5.74) is -3.30. The number of carbonyl (C=O) groups excluding carboxylic acids is 4. The largest absolute Gasteiger partial charge is 0.453 e. The van der Waals surface area contributed by atoms with E-state index in [1.54, 1.807) is 23.6 Å². The molecule has 3 saturated heterocycles. The number of ether oxygens (including phenoxy) is 3. The second-order valence-electron chi connectivity index (χ2n) is 21.5. The highest BCUT2D eigenvalue weighted by Gasteiger charge is 2.57. The van der Waals surface area contributed by atoms with Gasteiger partial charge >= 0.3 is 31.1 Å². The molecule has 5 heterocycles. The first-order valence-electron chi connectivity index (χ1n) is 25.8. The summed E-state index contributed by atoms with van der Waals surface area (Å²) in [6.45, 7) is 1.96. The number of anilines is 1. The molecule has 18 nitrogen and oxygen atoms in total. The highest BCUT2D eigenvalue weighted by atomic mass is 19.4. The molecule has 6 atom stereocenters. The number of alkyl carbamates (subject to hydrolysis) is 2. The molecule has 0 radical (unpaired) electrons. The van der Waals surface area contributed by atoms with Crippen LogP contribution in [0.25, 0.3) is 11.1 Å². The molecule has 3 aliphatic heterocycles. The minimum atomic E-state index is -5.23. The van der Waals surface area contributed by atoms with Gasteiger partial charge in [0.05, 0.1) is 62.6 Å². The fourth-order valence-corrected chi connectivity index (χ4v) is 9.88. The van der Waals surface area contributed by atoms with Gasteiger partial charge in [-0.2, -0.15) is 40.2 Å². The average molecular weight is 1170 g/mol. The number of hydrazine groups is 1. The summed E-state index contributed by atoms with van der Waals surface area (Å²) in [4.78, 5) is 62.6. The van der Waals surface area contributed by atoms with Crippen LogP contribution in [0.2, 0.25) is 0 Å². The van der Waals surface area contributed by atoms with Gasteiger partial charge in [-0.25, -0.2) is 33.0 Å². The number of piperazine rings is 1. The molecule has 2 aromatic carbocycles. The van der Waals surface area contributed by atoms with Gasteiger partial charge in [-0.15, -0.1) is 0 Å². The predicted octanol–water partition coefficient (Wildman–Crippen LogP) is 6.93. The molecule has 3 aliphatic rings. The van der Waals surface area contributed by atoms with Crippen LogP contribution in [0.1, 0.15) is 74.9 Å². The highest BCUT2D eigenvalue weighted by molar-refractivity contribution is 5.87. The number of nitrogens with zero attached hydrogens (tertiary/aromatic N) is 6. The van der Waals surface area contributed by atoms with Gasteiger partial charge in [0.2, 0.25) is 5.91 Å². The summed E-state index contributed by atoms with van der Waals surface area (Å²) >= 11 is 0. The monoisotopic (exact) mass is 1170 g/mol. The fourth-order valence-electron chi connectivity index (χ4n) is 9.88. The Bertz CT molecular complexity index is 2980. The number of carbonyl (C=O) groups is 4. The van der Waals surface area contributed by atoms with E-state index in [-0.39, 0.29) is 21.4 Å². The lowest BCUT2D eigenvalue weighted by atomic mass is 9.82. The topological polar surface area (TPSA) is 205 Å². The van der Waals surface area contributed by atoms with E-state index in [1.807, 2.05) is 23.7 Å². The standard InChI is InChI=1S/C54H62F10N10O8/c1-29-16-43(71-23-35-14-15-36(24-71)74(35)37-27-82-28-37)65-20-32(29)13-12-30-8-10-31(11-9-30)17-41(67-46(76)44(68-49(78)80-6)51(2,3)53(59,60)61)42(75)26-72(70-47(77)45(69-50(79)81-7)52(4,5)54(62,63)64)25-38-39(55)18-33(19-40(38)56)34-21-66-73(22-34)48(57)58/h8-11,16,18-22,35-37,41-42,44-45,48,75H,14-15,17,23-28H2,1-7H3,(H,67,76)(H,68,78)(H,69,79)(H,70,77)/t35?,36?,41-,42-,44?,45+/m0/s1. The van der Waals surface area contributed by atoms with Crippen LogP contribution in [0.4, 0.5) is 59.3 Å². The number of fused-ring (bicyclic) bond motifs is 2. The maximum Gasteiger partial charge on any atom is 0.407 e. The third-order valence-corrected chi connectivity index (χ3v) is 15.2. The number of halogens is 10. The second-order valence-corrected chi connectivity index (χ2v) is 21.5. The van der Waals surface area contributed by atoms with Crippen LogP contribution >= 0.6 is 0 Å². The number of amides is 4. The number of benzene rings is 2. The first-order chi connectivity index (χ1) is 38.4. The number of rotatable bonds is 19. The summed E-state index contributed by atoms with van der Waals surface area (Å²) < 4.78 is 161. The van der Waals surface area contributed by atoms with E-state index in [9.17, 15) is 59.4 Å². The van der Waals surface area contributed by atoms with E-state index in [4.69, 9.17) is 9.72 Å². The van der Waals surface area contributed by atoms with Crippen molar-refractivity contribution in [3.05, 3.63) is 101 Å². The molecule has 0 spiro atoms. The van der Waals surface area contributed by atoms with Gasteiger partial charge in [-0.3, -0.25) is 19.9 Å². The first kappa shape index (κ1) is 62.4. The summed E-state index contributed by atoms with van der Waals surface area (Å²) in [7, 11) is 1.61. The molecule has 5 N–H and O–H groups in total. The van der Waals surface area contributed by atoms with Crippen molar-refractivity contribution in [2.45, 2.75) is 122 Å². The van der Waals surface area contributed by atoms with Crippen LogP contribution in [-0.4, -0.2) is 156 Å². The zero-order valence-corrected chi connectivity index (χ0v) is 45.5. The maximum absolute atomic E-state index is 16.1. The van der Waals surface area contributed by atoms with Crippen molar-refractivity contribution >= 4 is 29.8 Å². The van der Waals surface area contributed by atoms with E-state index in [2.05, 4.69) is 41.5 Å². The number of aromatic nitrogens is 3. The summed E-state index contributed by atoms with van der Waals surface area (Å²) in [6.07, 6.45) is -10.5. The molecule has 4 amide bonds. The molecule has 2 bridgehead atoms. The normalized spacial score (nSPS) is 18.4. The fraction of sp³-hybridized carbons (Fsp3) is 0.519. The molecule has 3 unspecified atom stereocenters. The summed E-state index contributed by atoms with van der Waals surface area (Å²) in [5, 5.41) is 22.0. The van der Waals surface area contributed by atoms with Crippen molar-refractivity contribution in [2.75, 3.05) is 52.0 Å². The first-order valence-corrected chi connectivity index (χ1v) is 25.8. The number of alkyl halides is 8. The number of hydrogen-bond donors (Lipinski definition) is 5. The number of methoxy groups -OCH3 is 2. The Kier molecular flexibility index (Phi) is 19.1. The Morgan fingerprint density at radius 1 is 0.793 bits per heavy atom. The summed E-state index contributed by atoms with van der Waals surface area (Å²) in [5.74, 6) is 0.939. The van der Waals surface area contributed by atoms with Gasteiger partial charge in [-0.1, -0.05) is 24.0 Å². The Hall–Kier alpha value is -7.22. The van der Waals surface area contributed by atoms with Gasteiger partial charge in [0.1, 0.15) is 29.5 Å². The predicted molar refractivity (Wildman–Crippen MR) is 274 cm³/mol. The lowest BCUT2D eigenvalue weighted by molar-refractivity contribution is -0.221. The van der Waals surface area contributed by atoms with Crippen LogP contribution in [-0.2, 0) is 36.8 Å². The zero-order chi connectivity index (χ0) is 60.2. The molecular formula is C54H62F10N10O8. The van der Waals surface area contributed by atoms with E-state index >= 15 is 8.78 Å². The quantitative estimate of drug-likeness (QED) is 0.0368. The van der Waals surface area contributed by atoms with Crippen LogP contribution in [0, 0.1) is 41.2 Å². The van der Waals surface area contributed by atoms with Gasteiger partial charge in [0.25, 0.3) is 5.91 Å². The van der Waals surface area contributed by atoms with Crippen LogP contribution in [0.3, 0.4) is 0 Å². The van der Waals surface area contributed by atoms with E-state index in [0.717, 1.165) is 77.1 Å². The van der Waals surface area contributed by atoms with Crippen molar-refractivity contribution in [3.8, 4) is 23.0 Å². The molecule has 0 saturated carbocycles. The second kappa shape index (κ2) is 25.1. The number of aliphatic hydroxyl groups is 1. The van der Waals surface area contributed by atoms with Gasteiger partial charge in [0.15, 0.2) is 0 Å². The lowest BCUT2D eigenvalue weighted by Crippen LogP contribution is -2.63. The average Bonchev–Trinajstić information content (AvgIpc) is 4.15. The molecule has 28 heteroatoms. The molecule has 2 aromatic heterocycles. The molecular weight excluding hydrogens is 1110 g/mol. The molecule has 7 rings (SSSR count). The van der Waals surface area contributed by atoms with Crippen molar-refractivity contribution in [1.82, 2.24) is 46.0 Å². The van der Waals surface area contributed by atoms with Crippen molar-refractivity contribution in [1.29, 1.82) is 0 Å². The minimum Gasteiger partial charge on any atom is -0.453 e. The van der Waals surface area contributed by atoms with Crippen molar-refractivity contribution in [3.63, 3.8) is 0 Å². The van der Waals surface area contributed by atoms with Gasteiger partial charge < -0.3 is 40.2 Å². The molecule has 446 valence electrons. The van der Waals surface area contributed by atoms with E-state index in [0.29, 0.717) is 74.1 Å². The molecule has 4 aromatic rings. The van der Waals surface area contributed by atoms with Crippen LogP contribution in [0.15, 0.2) is 61.1 Å². The maximum atomic E-state index is 16.1. The third-order valence-electron chi connectivity index (χ3n) is 15.2. The van der Waals surface area contributed by atoms with E-state index < -0.39 is 115 Å². The number of aryl methyl sites for hydroxylation is 1. The van der Waals surface area contributed by atoms with Gasteiger partial charge in [0, 0.05) is 72.9 Å². The lowest BCUT2D eigenvalue weighted by Gasteiger charge is -2.48. The number of aliphatic hydroxyl groups excluding tert-OH is 1. The molecule has 0 aliphatic carbocycles. The Morgan fingerprint density at radius 3 is 1.84 bits per heavy atom. The minimum absolute atomic E-state index is 0.173. The Morgan fingerprint density at radius 2 is 1.35 bits per heavy atom. The third kappa shape index (κ3) is 14.2. The number of nitrogens with one attached hydrogen (secondary N) is 4. The Balaban J connectivity index is 1.19. The van der Waals surface area contributed by atoms with Crippen LogP contribution < -0.4 is 26.3 Å². The highest BCUT2D eigenvalue weighted by Crippen LogP contribution is 2.42. The number of pyridine rings is 1. The molecule has 82 heavy (non-hydrogen) atoms. The summed E-state index contributed by atoms with van der Waals surface area (Å²) in [6, 6.07) is 3.92. The van der Waals surface area contributed by atoms with E-state index in [1.165, 1.54) is 12.1 Å². The smallest absolute Gasteiger partial charge is 0.407 e. The zero-order valence-electron chi connectivity index (χ0n) is 45.5. The van der Waals surface area contributed by atoms with Crippen molar-refractivity contribution < 1.29 is 82.4 Å². The Labute approximate surface area is 465 Å². The SMILES string of the molecule is COC(=O)NC(C(=O)N[C@@H](Cc1ccc(C#Cc2cnc(N3CC4CCC(C3)N4C3COC3)cc2C)cc1)[C@@H](O)CN(Cc1c(F)cc(-c2cnn(C(F)F)c2)cc1F)NC(=O)[C@@H](NC(=O)OC)C(C)(C)C(F)(F)F)C(C)(C)C(F)(F)F. The van der Waals surface area contributed by atoms with Gasteiger partial charge in [-0.05, 0) is 101 Å². The van der Waals surface area contributed by atoms with Crippen LogP contribution in [0.5, 0.6) is 0 Å². The van der Waals surface area contributed by atoms with Crippen molar-refractivity contribution in [2.24, 2.45) is 10.8 Å². The molecule has 3 fully saturated rings.